The lowest BCUT2D eigenvalue weighted by Crippen LogP contribution is -2.16. The third-order valence-corrected chi connectivity index (χ3v) is 1.21. The molecule has 3 heteroatoms. The fourth-order valence-electron chi connectivity index (χ4n) is 0.635. The molecule has 0 aromatic rings. The first-order valence-electron chi connectivity index (χ1n) is 3.87. The van der Waals surface area contributed by atoms with Crippen LogP contribution in [-0.2, 0) is 4.79 Å². The third-order valence-electron chi connectivity index (χ3n) is 1.21. The number of carboxylic acids is 1. The predicted octanol–water partition coefficient (Wildman–Crippen LogP) is 1.36. The van der Waals surface area contributed by atoms with Gasteiger partial charge in [0, 0.05) is 0 Å². The predicted molar refractivity (Wildman–Crippen MR) is 44.3 cm³/mol. The van der Waals surface area contributed by atoms with Gasteiger partial charge in [-0.25, -0.2) is 0 Å². The monoisotopic (exact) mass is 157 g/mol. The summed E-state index contributed by atoms with van der Waals surface area (Å²) in [7, 11) is 0. The number of rotatable bonds is 6. The van der Waals surface area contributed by atoms with E-state index < -0.39 is 5.97 Å². The average molecular weight is 157 g/mol. The topological polar surface area (TPSA) is 49.3 Å². The fraction of sp³-hybridized carbons (Fsp3) is 0.625. The van der Waals surface area contributed by atoms with Gasteiger partial charge in [-0.15, -0.1) is 0 Å². The Labute approximate surface area is 67.1 Å². The van der Waals surface area contributed by atoms with Crippen molar-refractivity contribution in [3.05, 3.63) is 12.3 Å². The van der Waals surface area contributed by atoms with E-state index in [1.807, 2.05) is 6.08 Å². The largest absolute Gasteiger partial charge is 0.480 e. The van der Waals surface area contributed by atoms with Crippen molar-refractivity contribution in [1.82, 2.24) is 5.32 Å². The van der Waals surface area contributed by atoms with Crippen LogP contribution in [-0.4, -0.2) is 17.6 Å². The molecule has 0 unspecified atom stereocenters. The third kappa shape index (κ3) is 9.01. The highest BCUT2D eigenvalue weighted by Crippen LogP contribution is 1.93. The summed E-state index contributed by atoms with van der Waals surface area (Å²) in [5.41, 5.74) is 0. The molecule has 0 radical (unpaired) electrons. The van der Waals surface area contributed by atoms with E-state index in [1.54, 1.807) is 6.20 Å². The summed E-state index contributed by atoms with van der Waals surface area (Å²) < 4.78 is 0. The Balaban J connectivity index is 3.10. The van der Waals surface area contributed by atoms with Crippen LogP contribution in [0.25, 0.3) is 0 Å². The van der Waals surface area contributed by atoms with Gasteiger partial charge in [-0.1, -0.05) is 25.8 Å². The van der Waals surface area contributed by atoms with Crippen LogP contribution in [0.3, 0.4) is 0 Å². The van der Waals surface area contributed by atoms with Crippen molar-refractivity contribution in [2.75, 3.05) is 6.54 Å². The molecule has 0 aromatic carbocycles. The van der Waals surface area contributed by atoms with E-state index in [-0.39, 0.29) is 6.54 Å². The second-order valence-electron chi connectivity index (χ2n) is 2.32. The molecule has 0 bridgehead atoms. The van der Waals surface area contributed by atoms with Gasteiger partial charge < -0.3 is 10.4 Å². The second kappa shape index (κ2) is 7.12. The SMILES string of the molecule is CCCCC=CNCC(=O)O. The molecule has 0 saturated carbocycles. The molecule has 0 aliphatic heterocycles. The fourth-order valence-corrected chi connectivity index (χ4v) is 0.635. The minimum absolute atomic E-state index is 0.00260. The second-order valence-corrected chi connectivity index (χ2v) is 2.32. The number of nitrogens with one attached hydrogen (secondary N) is 1. The maximum atomic E-state index is 9.99. The van der Waals surface area contributed by atoms with Gasteiger partial charge in [0.05, 0.1) is 0 Å². The molecule has 64 valence electrons. The number of allylic oxidation sites excluding steroid dienone is 1. The minimum atomic E-state index is -0.829. The molecule has 0 fully saturated rings. The quantitative estimate of drug-likeness (QED) is 0.572. The van der Waals surface area contributed by atoms with E-state index in [9.17, 15) is 4.79 Å². The number of hydrogen-bond acceptors (Lipinski definition) is 2. The number of aliphatic carboxylic acids is 1. The molecule has 3 nitrogen and oxygen atoms in total. The summed E-state index contributed by atoms with van der Waals surface area (Å²) in [6.45, 7) is 2.13. The number of unbranched alkanes of at least 4 members (excludes halogenated alkanes) is 2. The zero-order valence-corrected chi connectivity index (χ0v) is 6.84. The molecule has 0 amide bonds. The van der Waals surface area contributed by atoms with Crippen molar-refractivity contribution in [1.29, 1.82) is 0 Å². The highest BCUT2D eigenvalue weighted by atomic mass is 16.4. The lowest BCUT2D eigenvalue weighted by atomic mass is 10.2. The number of hydrogen-bond donors (Lipinski definition) is 2. The molecular weight excluding hydrogens is 142 g/mol. The van der Waals surface area contributed by atoms with Crippen LogP contribution in [0.15, 0.2) is 12.3 Å². The summed E-state index contributed by atoms with van der Waals surface area (Å²) in [6.07, 6.45) is 6.99. The van der Waals surface area contributed by atoms with E-state index in [0.29, 0.717) is 0 Å². The van der Waals surface area contributed by atoms with E-state index in [1.165, 1.54) is 6.42 Å². The van der Waals surface area contributed by atoms with Gasteiger partial charge in [0.25, 0.3) is 0 Å². The Morgan fingerprint density at radius 3 is 2.91 bits per heavy atom. The molecule has 0 saturated heterocycles. The van der Waals surface area contributed by atoms with E-state index in [2.05, 4.69) is 12.2 Å². The lowest BCUT2D eigenvalue weighted by molar-refractivity contribution is -0.135. The molecular formula is C8H15NO2. The van der Waals surface area contributed by atoms with Crippen molar-refractivity contribution in [2.24, 2.45) is 0 Å². The molecule has 2 N–H and O–H groups in total. The minimum Gasteiger partial charge on any atom is -0.480 e. The first-order chi connectivity index (χ1) is 5.27. The van der Waals surface area contributed by atoms with E-state index in [0.717, 1.165) is 12.8 Å². The van der Waals surface area contributed by atoms with Crippen LogP contribution in [0.4, 0.5) is 0 Å². The highest BCUT2D eigenvalue weighted by molar-refractivity contribution is 5.69. The molecule has 0 heterocycles. The summed E-state index contributed by atoms with van der Waals surface area (Å²) in [4.78, 5) is 9.99. The maximum absolute atomic E-state index is 9.99. The van der Waals surface area contributed by atoms with Gasteiger partial charge in [0.2, 0.25) is 0 Å². The van der Waals surface area contributed by atoms with Gasteiger partial charge in [-0.2, -0.15) is 0 Å². The number of carbonyl (C=O) groups is 1. The van der Waals surface area contributed by atoms with Crippen LogP contribution in [0, 0.1) is 0 Å². The van der Waals surface area contributed by atoms with Crippen molar-refractivity contribution in [3.8, 4) is 0 Å². The highest BCUT2D eigenvalue weighted by Gasteiger charge is 1.88. The maximum Gasteiger partial charge on any atom is 0.322 e. The molecule has 0 aromatic heterocycles. The van der Waals surface area contributed by atoms with Crippen molar-refractivity contribution in [2.45, 2.75) is 26.2 Å². The van der Waals surface area contributed by atoms with Gasteiger partial charge in [-0.3, -0.25) is 4.79 Å². The van der Waals surface area contributed by atoms with Crippen LogP contribution < -0.4 is 5.32 Å². The first kappa shape index (κ1) is 10.0. The summed E-state index contributed by atoms with van der Waals surface area (Å²) >= 11 is 0. The summed E-state index contributed by atoms with van der Waals surface area (Å²) in [5.74, 6) is -0.829. The zero-order valence-electron chi connectivity index (χ0n) is 6.84. The van der Waals surface area contributed by atoms with Crippen molar-refractivity contribution < 1.29 is 9.90 Å². The molecule has 0 rings (SSSR count). The summed E-state index contributed by atoms with van der Waals surface area (Å²) in [5, 5.41) is 10.9. The average Bonchev–Trinajstić information content (AvgIpc) is 1.96. The Kier molecular flexibility index (Phi) is 6.48. The Bertz CT molecular complexity index is 132. The van der Waals surface area contributed by atoms with Crippen LogP contribution in [0.5, 0.6) is 0 Å². The summed E-state index contributed by atoms with van der Waals surface area (Å²) in [6, 6.07) is 0. The smallest absolute Gasteiger partial charge is 0.322 e. The van der Waals surface area contributed by atoms with Gasteiger partial charge in [0.1, 0.15) is 6.54 Å². The normalized spacial score (nSPS) is 10.3. The molecule has 0 spiro atoms. The standard InChI is InChI=1S/C8H15NO2/c1-2-3-4-5-6-9-7-8(10)11/h5-6,9H,2-4,7H2,1H3,(H,10,11). The van der Waals surface area contributed by atoms with Gasteiger partial charge in [0.15, 0.2) is 0 Å². The van der Waals surface area contributed by atoms with E-state index in [4.69, 9.17) is 5.11 Å². The lowest BCUT2D eigenvalue weighted by Gasteiger charge is -1.93. The Hall–Kier alpha value is -0.990. The van der Waals surface area contributed by atoms with Gasteiger partial charge in [-0.05, 0) is 12.6 Å². The Morgan fingerprint density at radius 1 is 1.64 bits per heavy atom. The van der Waals surface area contributed by atoms with Crippen LogP contribution >= 0.6 is 0 Å². The van der Waals surface area contributed by atoms with Crippen LogP contribution in [0.2, 0.25) is 0 Å². The molecule has 11 heavy (non-hydrogen) atoms. The van der Waals surface area contributed by atoms with Gasteiger partial charge >= 0.3 is 5.97 Å². The molecule has 0 aliphatic rings. The molecule has 0 aliphatic carbocycles. The zero-order chi connectivity index (χ0) is 8.53. The number of carboxylic acid groups (broad SMARTS) is 1. The van der Waals surface area contributed by atoms with E-state index >= 15 is 0 Å². The van der Waals surface area contributed by atoms with Crippen LogP contribution in [0.1, 0.15) is 26.2 Å². The Morgan fingerprint density at radius 2 is 2.36 bits per heavy atom. The first-order valence-corrected chi connectivity index (χ1v) is 3.87. The van der Waals surface area contributed by atoms with Crippen molar-refractivity contribution >= 4 is 5.97 Å². The van der Waals surface area contributed by atoms with Crippen molar-refractivity contribution in [3.63, 3.8) is 0 Å². The molecule has 0 atom stereocenters.